The average Bonchev–Trinajstić information content (AvgIpc) is 3.60. The maximum absolute atomic E-state index is 11.5. The van der Waals surface area contributed by atoms with Crippen LogP contribution >= 0.6 is 0 Å². The number of hydrogen-bond donors (Lipinski definition) is 1. The van der Waals surface area contributed by atoms with E-state index in [4.69, 9.17) is 14.4 Å². The van der Waals surface area contributed by atoms with Gasteiger partial charge in [0.15, 0.2) is 5.82 Å². The van der Waals surface area contributed by atoms with Gasteiger partial charge in [-0.2, -0.15) is 0 Å². The van der Waals surface area contributed by atoms with E-state index in [2.05, 4.69) is 260 Å². The van der Waals surface area contributed by atoms with Crippen LogP contribution in [0.3, 0.4) is 0 Å². The van der Waals surface area contributed by atoms with Gasteiger partial charge >= 0.3 is 0 Å². The van der Waals surface area contributed by atoms with Gasteiger partial charge in [0.25, 0.3) is 0 Å². The molecule has 0 bridgehead atoms. The van der Waals surface area contributed by atoms with E-state index in [9.17, 15) is 5.11 Å². The summed E-state index contributed by atoms with van der Waals surface area (Å²) in [5.74, 6) is 0.960. The third kappa shape index (κ3) is 9.03. The van der Waals surface area contributed by atoms with Crippen LogP contribution in [0.2, 0.25) is 0 Å². The Hall–Kier alpha value is -9.58. The number of aryl methyl sites for hydroxylation is 4. The molecule has 0 amide bonds. The monoisotopic (exact) mass is 1080 g/mol. The number of para-hydroxylation sites is 2. The van der Waals surface area contributed by atoms with Crippen LogP contribution in [0.15, 0.2) is 223 Å². The predicted octanol–water partition coefficient (Wildman–Crippen LogP) is 20.7. The molecule has 5 heteroatoms. The fourth-order valence-electron chi connectivity index (χ4n) is 12.8. The van der Waals surface area contributed by atoms with Crippen LogP contribution in [0.1, 0.15) is 74.9 Å². The van der Waals surface area contributed by atoms with Gasteiger partial charge < -0.3 is 9.52 Å². The molecule has 0 radical (unpaired) electrons. The fraction of sp³-hybridized carbons (Fsp3) is 0.154. The number of aromatic nitrogens is 3. The fourth-order valence-corrected chi connectivity index (χ4v) is 12.8. The first-order chi connectivity index (χ1) is 40.1. The molecule has 0 atom stereocenters. The van der Waals surface area contributed by atoms with Crippen LogP contribution in [0.25, 0.3) is 128 Å². The summed E-state index contributed by atoms with van der Waals surface area (Å²) in [7, 11) is 0. The zero-order valence-electron chi connectivity index (χ0n) is 48.4. The van der Waals surface area contributed by atoms with Crippen LogP contribution in [0.5, 0.6) is 5.75 Å². The molecule has 0 fully saturated rings. The first-order valence-electron chi connectivity index (χ1n) is 29.1. The second-order valence-corrected chi connectivity index (χ2v) is 24.7. The predicted molar refractivity (Wildman–Crippen MR) is 346 cm³/mol. The molecule has 0 saturated heterocycles. The van der Waals surface area contributed by atoms with Gasteiger partial charge in [-0.15, -0.1) is 0 Å². The highest BCUT2D eigenvalue weighted by molar-refractivity contribution is 6.11. The molecule has 1 aliphatic rings. The molecule has 10 aromatic carbocycles. The van der Waals surface area contributed by atoms with Crippen molar-refractivity contribution in [1.29, 1.82) is 0 Å². The van der Waals surface area contributed by atoms with Crippen molar-refractivity contribution < 1.29 is 9.52 Å². The molecule has 83 heavy (non-hydrogen) atoms. The number of benzene rings is 10. The van der Waals surface area contributed by atoms with E-state index in [1.54, 1.807) is 6.07 Å². The van der Waals surface area contributed by atoms with Gasteiger partial charge in [-0.25, -0.2) is 9.97 Å². The summed E-state index contributed by atoms with van der Waals surface area (Å²) in [5.41, 5.74) is 26.7. The van der Waals surface area contributed by atoms with E-state index in [1.165, 1.54) is 33.4 Å². The minimum Gasteiger partial charge on any atom is -0.507 e. The van der Waals surface area contributed by atoms with Gasteiger partial charge in [0.05, 0.1) is 22.4 Å². The number of furan rings is 1. The number of nitrogens with zero attached hydrogens (tertiary/aromatic N) is 3. The molecule has 3 aromatic heterocycles. The second kappa shape index (κ2) is 19.8. The number of fused-ring (bicyclic) bond motifs is 7. The number of phenolic OH excluding ortho intramolecular Hbond substituents is 1. The van der Waals surface area contributed by atoms with E-state index in [-0.39, 0.29) is 16.6 Å². The third-order valence-electron chi connectivity index (χ3n) is 17.2. The van der Waals surface area contributed by atoms with Gasteiger partial charge in [-0.05, 0) is 181 Å². The zero-order valence-corrected chi connectivity index (χ0v) is 48.4. The Morgan fingerprint density at radius 1 is 0.422 bits per heavy atom. The summed E-state index contributed by atoms with van der Waals surface area (Å²) in [5, 5.41) is 13.6. The number of aromatic hydroxyl groups is 1. The summed E-state index contributed by atoms with van der Waals surface area (Å²) in [6, 6.07) is 79.1. The highest BCUT2D eigenvalue weighted by atomic mass is 16.3. The molecular weight excluding hydrogens is 1010 g/mol. The third-order valence-corrected chi connectivity index (χ3v) is 17.2. The summed E-state index contributed by atoms with van der Waals surface area (Å²) < 4.78 is 9.13. The molecule has 404 valence electrons. The lowest BCUT2D eigenvalue weighted by Gasteiger charge is -2.25. The average molecular weight is 1080 g/mol. The van der Waals surface area contributed by atoms with Crippen molar-refractivity contribution in [3.05, 3.63) is 252 Å². The molecule has 0 aliphatic heterocycles. The molecule has 14 rings (SSSR count). The Morgan fingerprint density at radius 2 is 1.00 bits per heavy atom. The van der Waals surface area contributed by atoms with Crippen LogP contribution < -0.4 is 0 Å². The maximum Gasteiger partial charge on any atom is 0.164 e. The van der Waals surface area contributed by atoms with Crippen molar-refractivity contribution in [3.8, 4) is 101 Å². The van der Waals surface area contributed by atoms with Crippen LogP contribution in [0, 0.1) is 13.8 Å². The van der Waals surface area contributed by atoms with Gasteiger partial charge in [0.2, 0.25) is 0 Å². The van der Waals surface area contributed by atoms with Gasteiger partial charge in [-0.1, -0.05) is 211 Å². The standard InChI is InChI=1S/C78H65N3O2/c1-47-20-17-21-48(2)75(47)81-66-39-37-64(70(53-34-36-63-62-27-15-16-31-68(62)83-69(63)46-53)74(66)80-76(81)65-38-35-52-33-32-51-26-18-30-67(82)71(51)73(52)79-65)72-60(56-40-54(49-22-11-9-12-23-49)42-58(44-56)77(3,4)5)28-19-29-61(72)57-41-55(50-24-13-10-14-25-50)43-59(45-57)78(6,7)8/h9-31,34-46,82H,32-33H2,1-8H3. The quantitative estimate of drug-likeness (QED) is 0.165. The Morgan fingerprint density at radius 3 is 1.65 bits per heavy atom. The summed E-state index contributed by atoms with van der Waals surface area (Å²) >= 11 is 0. The molecule has 13 aromatic rings. The van der Waals surface area contributed by atoms with E-state index < -0.39 is 0 Å². The van der Waals surface area contributed by atoms with E-state index in [0.29, 0.717) is 0 Å². The minimum absolute atomic E-state index is 0.155. The first kappa shape index (κ1) is 51.6. The molecule has 0 unspecified atom stereocenters. The maximum atomic E-state index is 11.5. The Kier molecular flexibility index (Phi) is 12.3. The lowest BCUT2D eigenvalue weighted by atomic mass is 9.79. The minimum atomic E-state index is -0.155. The Labute approximate surface area is 486 Å². The van der Waals surface area contributed by atoms with Crippen LogP contribution in [-0.2, 0) is 23.7 Å². The number of rotatable bonds is 8. The van der Waals surface area contributed by atoms with Crippen LogP contribution in [-0.4, -0.2) is 19.6 Å². The Balaban J connectivity index is 1.14. The molecular formula is C78H65N3O2. The van der Waals surface area contributed by atoms with Gasteiger partial charge in [0.1, 0.15) is 22.6 Å². The van der Waals surface area contributed by atoms with Crippen molar-refractivity contribution in [1.82, 2.24) is 14.5 Å². The number of phenols is 1. The topological polar surface area (TPSA) is 64.1 Å². The Bertz CT molecular complexity index is 4580. The molecule has 3 heterocycles. The van der Waals surface area contributed by atoms with Crippen molar-refractivity contribution in [2.45, 2.75) is 79.1 Å². The van der Waals surface area contributed by atoms with Crippen molar-refractivity contribution in [3.63, 3.8) is 0 Å². The zero-order chi connectivity index (χ0) is 56.9. The lowest BCUT2D eigenvalue weighted by molar-refractivity contribution is 0.476. The lowest BCUT2D eigenvalue weighted by Crippen LogP contribution is -2.11. The van der Waals surface area contributed by atoms with E-state index >= 15 is 0 Å². The molecule has 5 nitrogen and oxygen atoms in total. The number of imidazole rings is 1. The summed E-state index contributed by atoms with van der Waals surface area (Å²) in [6.45, 7) is 18.2. The summed E-state index contributed by atoms with van der Waals surface area (Å²) in [6.07, 6.45) is 1.68. The highest BCUT2D eigenvalue weighted by Crippen LogP contribution is 2.51. The second-order valence-electron chi connectivity index (χ2n) is 24.7. The summed E-state index contributed by atoms with van der Waals surface area (Å²) in [4.78, 5) is 11.5. The van der Waals surface area contributed by atoms with Crippen LogP contribution in [0.4, 0.5) is 0 Å². The highest BCUT2D eigenvalue weighted by Gasteiger charge is 2.30. The largest absolute Gasteiger partial charge is 0.507 e. The smallest absolute Gasteiger partial charge is 0.164 e. The van der Waals surface area contributed by atoms with Crippen molar-refractivity contribution in [2.75, 3.05) is 0 Å². The van der Waals surface area contributed by atoms with Crippen molar-refractivity contribution in [2.24, 2.45) is 0 Å². The molecule has 1 aliphatic carbocycles. The number of hydrogen-bond acceptors (Lipinski definition) is 4. The molecule has 1 N–H and O–H groups in total. The van der Waals surface area contributed by atoms with E-state index in [0.717, 1.165) is 141 Å². The van der Waals surface area contributed by atoms with E-state index in [1.807, 2.05) is 12.1 Å². The number of pyridine rings is 1. The molecule has 0 spiro atoms. The normalized spacial score (nSPS) is 12.5. The first-order valence-corrected chi connectivity index (χ1v) is 29.1. The van der Waals surface area contributed by atoms with Crippen molar-refractivity contribution >= 4 is 33.0 Å². The SMILES string of the molecule is Cc1cccc(C)c1-n1c(-c2ccc3c(n2)-c2c(O)cccc2CC3)nc2c(-c3ccc4c(c3)oc3ccccc34)c(-c3c(-c4cc(-c5ccccc5)cc(C(C)(C)C)c4)cccc3-c3cc(-c4ccccc4)cc(C(C)(C)C)c3)ccc21. The van der Waals surface area contributed by atoms with Gasteiger partial charge in [0, 0.05) is 21.9 Å². The molecule has 0 saturated carbocycles. The van der Waals surface area contributed by atoms with Gasteiger partial charge in [-0.3, -0.25) is 4.57 Å².